The highest BCUT2D eigenvalue weighted by atomic mass is 16.3. The molecule has 26 heavy (non-hydrogen) atoms. The molecule has 1 amide bonds. The van der Waals surface area contributed by atoms with Gasteiger partial charge in [-0.15, -0.1) is 0 Å². The van der Waals surface area contributed by atoms with Crippen molar-refractivity contribution < 1.29 is 15.0 Å². The van der Waals surface area contributed by atoms with Crippen LogP contribution in [0.4, 0.5) is 0 Å². The van der Waals surface area contributed by atoms with Crippen molar-refractivity contribution in [1.82, 2.24) is 4.90 Å². The van der Waals surface area contributed by atoms with Gasteiger partial charge in [-0.1, -0.05) is 69.8 Å². The molecule has 152 valence electrons. The van der Waals surface area contributed by atoms with Crippen LogP contribution in [0.3, 0.4) is 0 Å². The van der Waals surface area contributed by atoms with Crippen LogP contribution in [-0.4, -0.2) is 47.3 Å². The molecule has 0 aromatic heterocycles. The molecule has 0 spiro atoms. The number of nitrogens with zero attached hydrogens (tertiary/aromatic N) is 1. The number of aliphatic hydroxyl groups excluding tert-OH is 2. The number of unbranched alkanes of at least 4 members (excludes halogenated alkanes) is 9. The zero-order valence-electron chi connectivity index (χ0n) is 16.9. The maximum atomic E-state index is 11.9. The molecule has 0 aromatic rings. The molecule has 0 bridgehead atoms. The fraction of sp³-hybridized carbons (Fsp3) is 0.773. The Morgan fingerprint density at radius 3 is 1.81 bits per heavy atom. The average molecular weight is 368 g/mol. The fourth-order valence-electron chi connectivity index (χ4n) is 2.87. The maximum absolute atomic E-state index is 11.9. The number of carbonyl (C=O) groups excluding carboxylic acids is 1. The second-order valence-electron chi connectivity index (χ2n) is 6.84. The number of carbonyl (C=O) groups is 1. The molecule has 0 saturated carbocycles. The van der Waals surface area contributed by atoms with Gasteiger partial charge in [0.05, 0.1) is 13.2 Å². The molecule has 0 rings (SSSR count). The predicted molar refractivity (Wildman–Crippen MR) is 110 cm³/mol. The van der Waals surface area contributed by atoms with E-state index in [9.17, 15) is 4.79 Å². The lowest BCUT2D eigenvalue weighted by Crippen LogP contribution is -2.35. The van der Waals surface area contributed by atoms with Gasteiger partial charge >= 0.3 is 0 Å². The van der Waals surface area contributed by atoms with Crippen LogP contribution < -0.4 is 0 Å². The number of hydrogen-bond acceptors (Lipinski definition) is 3. The minimum Gasteiger partial charge on any atom is -0.395 e. The summed E-state index contributed by atoms with van der Waals surface area (Å²) in [5.74, 6) is 0.0394. The summed E-state index contributed by atoms with van der Waals surface area (Å²) in [6.45, 7) is 2.78. The van der Waals surface area contributed by atoms with Crippen molar-refractivity contribution in [2.75, 3.05) is 26.3 Å². The van der Waals surface area contributed by atoms with E-state index in [2.05, 4.69) is 31.2 Å². The molecule has 0 aliphatic rings. The lowest BCUT2D eigenvalue weighted by Gasteiger charge is -2.20. The Bertz CT molecular complexity index is 360. The second kappa shape index (κ2) is 20.2. The molecule has 0 atom stereocenters. The van der Waals surface area contributed by atoms with E-state index in [0.29, 0.717) is 19.5 Å². The number of amides is 1. The molecule has 0 fully saturated rings. The van der Waals surface area contributed by atoms with E-state index in [1.54, 1.807) is 4.90 Å². The van der Waals surface area contributed by atoms with E-state index < -0.39 is 0 Å². The van der Waals surface area contributed by atoms with Gasteiger partial charge in [0.15, 0.2) is 0 Å². The molecule has 4 heteroatoms. The molecule has 0 saturated heterocycles. The molecule has 2 N–H and O–H groups in total. The van der Waals surface area contributed by atoms with Gasteiger partial charge in [0.1, 0.15) is 0 Å². The van der Waals surface area contributed by atoms with E-state index in [4.69, 9.17) is 10.2 Å². The van der Waals surface area contributed by atoms with Crippen LogP contribution in [0, 0.1) is 0 Å². The molecule has 0 unspecified atom stereocenters. The van der Waals surface area contributed by atoms with Crippen LogP contribution in [0.15, 0.2) is 24.3 Å². The highest BCUT2D eigenvalue weighted by Gasteiger charge is 2.11. The van der Waals surface area contributed by atoms with Gasteiger partial charge < -0.3 is 15.1 Å². The van der Waals surface area contributed by atoms with E-state index in [0.717, 1.165) is 25.7 Å². The molecule has 0 heterocycles. The van der Waals surface area contributed by atoms with Crippen LogP contribution in [0.5, 0.6) is 0 Å². The molecular weight excluding hydrogens is 326 g/mol. The summed E-state index contributed by atoms with van der Waals surface area (Å²) in [6.07, 6.45) is 22.5. The van der Waals surface area contributed by atoms with Crippen molar-refractivity contribution >= 4 is 5.91 Å². The standard InChI is InChI=1S/C22H41NO3/c1-2-3-4-5-6-7-8-9-10-11-12-13-14-15-16-17-22(26)23(18-20-24)19-21-25/h7-10,24-25H,2-6,11-21H2,1H3/b8-7+,10-9+. The molecular formula is C22H41NO3. The molecule has 0 aromatic carbocycles. The first-order valence-corrected chi connectivity index (χ1v) is 10.6. The third-order valence-corrected chi connectivity index (χ3v) is 4.46. The van der Waals surface area contributed by atoms with Crippen molar-refractivity contribution in [1.29, 1.82) is 0 Å². The summed E-state index contributed by atoms with van der Waals surface area (Å²) < 4.78 is 0. The Kier molecular flexibility index (Phi) is 19.3. The van der Waals surface area contributed by atoms with Gasteiger partial charge in [-0.05, 0) is 32.1 Å². The third-order valence-electron chi connectivity index (χ3n) is 4.46. The minimum absolute atomic E-state index is 0.0394. The summed E-state index contributed by atoms with van der Waals surface area (Å²) >= 11 is 0. The van der Waals surface area contributed by atoms with Gasteiger partial charge in [0.2, 0.25) is 5.91 Å². The zero-order chi connectivity index (χ0) is 19.3. The van der Waals surface area contributed by atoms with Gasteiger partial charge in [0.25, 0.3) is 0 Å². The largest absolute Gasteiger partial charge is 0.395 e. The zero-order valence-corrected chi connectivity index (χ0v) is 16.9. The van der Waals surface area contributed by atoms with E-state index in [1.165, 1.54) is 44.9 Å². The normalized spacial score (nSPS) is 11.7. The van der Waals surface area contributed by atoms with Crippen LogP contribution >= 0.6 is 0 Å². The van der Waals surface area contributed by atoms with Gasteiger partial charge in [0, 0.05) is 19.5 Å². The van der Waals surface area contributed by atoms with E-state index in [-0.39, 0.29) is 19.1 Å². The van der Waals surface area contributed by atoms with Crippen LogP contribution in [0.1, 0.15) is 84.0 Å². The summed E-state index contributed by atoms with van der Waals surface area (Å²) in [7, 11) is 0. The van der Waals surface area contributed by atoms with Gasteiger partial charge in [-0.2, -0.15) is 0 Å². The second-order valence-corrected chi connectivity index (χ2v) is 6.84. The summed E-state index contributed by atoms with van der Waals surface area (Å²) in [4.78, 5) is 13.5. The minimum atomic E-state index is -0.0483. The Morgan fingerprint density at radius 2 is 1.27 bits per heavy atom. The molecule has 0 aliphatic heterocycles. The Labute approximate surface area is 161 Å². The van der Waals surface area contributed by atoms with Gasteiger partial charge in [-0.25, -0.2) is 0 Å². The fourth-order valence-corrected chi connectivity index (χ4v) is 2.87. The monoisotopic (exact) mass is 367 g/mol. The quantitative estimate of drug-likeness (QED) is 0.275. The van der Waals surface area contributed by atoms with Crippen molar-refractivity contribution in [3.8, 4) is 0 Å². The maximum Gasteiger partial charge on any atom is 0.222 e. The van der Waals surface area contributed by atoms with Crippen LogP contribution in [0.2, 0.25) is 0 Å². The van der Waals surface area contributed by atoms with E-state index >= 15 is 0 Å². The molecule has 0 radical (unpaired) electrons. The first-order valence-electron chi connectivity index (χ1n) is 10.6. The topological polar surface area (TPSA) is 60.8 Å². The number of allylic oxidation sites excluding steroid dienone is 4. The number of hydrogen-bond donors (Lipinski definition) is 2. The SMILES string of the molecule is CCCCCC/C=C/C=C/CCCCCCCC(=O)N(CCO)CCO. The predicted octanol–water partition coefficient (Wildman–Crippen LogP) is 4.61. The van der Waals surface area contributed by atoms with Crippen molar-refractivity contribution in [3.63, 3.8) is 0 Å². The van der Waals surface area contributed by atoms with Gasteiger partial charge in [-0.3, -0.25) is 4.79 Å². The summed E-state index contributed by atoms with van der Waals surface area (Å²) in [6, 6.07) is 0. The Balaban J connectivity index is 3.48. The first kappa shape index (κ1) is 24.9. The van der Waals surface area contributed by atoms with Crippen molar-refractivity contribution in [2.24, 2.45) is 0 Å². The average Bonchev–Trinajstić information content (AvgIpc) is 2.64. The molecule has 4 nitrogen and oxygen atoms in total. The van der Waals surface area contributed by atoms with E-state index in [1.807, 2.05) is 0 Å². The summed E-state index contributed by atoms with van der Waals surface area (Å²) in [5.41, 5.74) is 0. The Hall–Kier alpha value is -1.13. The highest BCUT2D eigenvalue weighted by Crippen LogP contribution is 2.09. The smallest absolute Gasteiger partial charge is 0.222 e. The summed E-state index contributed by atoms with van der Waals surface area (Å²) in [5, 5.41) is 17.9. The van der Waals surface area contributed by atoms with Crippen LogP contribution in [-0.2, 0) is 4.79 Å². The van der Waals surface area contributed by atoms with Crippen molar-refractivity contribution in [2.45, 2.75) is 84.0 Å². The lowest BCUT2D eigenvalue weighted by molar-refractivity contribution is -0.132. The van der Waals surface area contributed by atoms with Crippen LogP contribution in [0.25, 0.3) is 0 Å². The first-order chi connectivity index (χ1) is 12.8. The Morgan fingerprint density at radius 1 is 0.769 bits per heavy atom. The third kappa shape index (κ3) is 16.3. The number of aliphatic hydroxyl groups is 2. The molecule has 0 aliphatic carbocycles. The number of rotatable bonds is 18. The van der Waals surface area contributed by atoms with Crippen molar-refractivity contribution in [3.05, 3.63) is 24.3 Å². The highest BCUT2D eigenvalue weighted by molar-refractivity contribution is 5.76. The lowest BCUT2D eigenvalue weighted by atomic mass is 10.1.